The molecule has 0 unspecified atom stereocenters. The van der Waals surface area contributed by atoms with E-state index < -0.39 is 11.9 Å². The van der Waals surface area contributed by atoms with Crippen LogP contribution < -0.4 is 10.6 Å². The summed E-state index contributed by atoms with van der Waals surface area (Å²) in [5, 5.41) is 14.6. The van der Waals surface area contributed by atoms with Gasteiger partial charge in [-0.05, 0) is 30.0 Å². The van der Waals surface area contributed by atoms with Crippen LogP contribution in [-0.2, 0) is 14.4 Å². The minimum absolute atomic E-state index is 0.134. The van der Waals surface area contributed by atoms with Crippen molar-refractivity contribution in [2.24, 2.45) is 4.99 Å². The quantitative estimate of drug-likeness (QED) is 0.429. The fourth-order valence-corrected chi connectivity index (χ4v) is 4.18. The third-order valence-corrected chi connectivity index (χ3v) is 5.61. The molecule has 1 aliphatic rings. The lowest BCUT2D eigenvalue weighted by Gasteiger charge is -1.98. The second-order valence-corrected chi connectivity index (χ2v) is 8.16. The van der Waals surface area contributed by atoms with Gasteiger partial charge in [0.1, 0.15) is 0 Å². The number of hydrogen-bond donors (Lipinski definition) is 4. The van der Waals surface area contributed by atoms with E-state index in [2.05, 4.69) is 30.6 Å². The smallest absolute Gasteiger partial charge is 0.303 e. The first-order valence-corrected chi connectivity index (χ1v) is 10.3. The van der Waals surface area contributed by atoms with Crippen LogP contribution in [0.2, 0.25) is 0 Å². The summed E-state index contributed by atoms with van der Waals surface area (Å²) >= 11 is 2.34. The van der Waals surface area contributed by atoms with Crippen LogP contribution in [0, 0.1) is 0 Å². The molecule has 3 aromatic rings. The lowest BCUT2D eigenvalue weighted by molar-refractivity contribution is -0.138. The summed E-state index contributed by atoms with van der Waals surface area (Å²) in [6, 6.07) is 7.52. The predicted octanol–water partition coefficient (Wildman–Crippen LogP) is 2.71. The molecule has 3 heterocycles. The number of para-hydroxylation sites is 2. The topological polar surface area (TPSA) is 149 Å². The average molecular weight is 442 g/mol. The number of imidazole rings is 1. The molecule has 2 aromatic heterocycles. The lowest BCUT2D eigenvalue weighted by Crippen LogP contribution is -2.19. The molecule has 10 nitrogen and oxygen atoms in total. The molecule has 152 valence electrons. The molecule has 0 aliphatic carbocycles. The Morgan fingerprint density at radius 2 is 2.10 bits per heavy atom. The second kappa shape index (κ2) is 8.47. The van der Waals surface area contributed by atoms with E-state index in [1.54, 1.807) is 6.08 Å². The predicted molar refractivity (Wildman–Crippen MR) is 115 cm³/mol. The van der Waals surface area contributed by atoms with Crippen LogP contribution in [0.1, 0.15) is 17.7 Å². The Bertz CT molecular complexity index is 1180. The highest BCUT2D eigenvalue weighted by Gasteiger charge is 2.24. The molecule has 12 heteroatoms. The maximum atomic E-state index is 12.2. The number of anilines is 1. The first kappa shape index (κ1) is 19.8. The van der Waals surface area contributed by atoms with Crippen molar-refractivity contribution in [3.63, 3.8) is 0 Å². The van der Waals surface area contributed by atoms with E-state index in [9.17, 15) is 14.4 Å². The number of amides is 2. The van der Waals surface area contributed by atoms with Crippen molar-refractivity contribution >= 4 is 74.2 Å². The van der Waals surface area contributed by atoms with Crippen molar-refractivity contribution in [2.45, 2.75) is 12.8 Å². The SMILES string of the molecule is O=C(O)CCC(=O)Nc1ncc(/C=C2\SC(=Nc3nc4ccccc4[nH]3)NC2=O)s1. The summed E-state index contributed by atoms with van der Waals surface area (Å²) in [6.07, 6.45) is 2.78. The van der Waals surface area contributed by atoms with Gasteiger partial charge in [0.15, 0.2) is 10.3 Å². The van der Waals surface area contributed by atoms with Gasteiger partial charge in [0, 0.05) is 12.6 Å². The van der Waals surface area contributed by atoms with Crippen LogP contribution in [-0.4, -0.2) is 43.0 Å². The molecule has 0 atom stereocenters. The highest BCUT2D eigenvalue weighted by Crippen LogP contribution is 2.30. The number of hydrogen-bond acceptors (Lipinski definition) is 8. The number of aromatic nitrogens is 3. The molecule has 4 rings (SSSR count). The van der Waals surface area contributed by atoms with E-state index in [4.69, 9.17) is 5.11 Å². The van der Waals surface area contributed by atoms with Gasteiger partial charge in [-0.2, -0.15) is 4.99 Å². The number of aliphatic carboxylic acids is 1. The van der Waals surface area contributed by atoms with Gasteiger partial charge in [-0.25, -0.2) is 9.97 Å². The van der Waals surface area contributed by atoms with Crippen molar-refractivity contribution in [1.29, 1.82) is 0 Å². The van der Waals surface area contributed by atoms with Crippen LogP contribution in [0.4, 0.5) is 11.1 Å². The maximum absolute atomic E-state index is 12.2. The number of carbonyl (C=O) groups excluding carboxylic acids is 2. The zero-order chi connectivity index (χ0) is 21.1. The molecule has 0 bridgehead atoms. The van der Waals surface area contributed by atoms with Crippen LogP contribution in [0.25, 0.3) is 17.1 Å². The van der Waals surface area contributed by atoms with E-state index in [0.29, 0.717) is 26.0 Å². The zero-order valence-corrected chi connectivity index (χ0v) is 16.8. The number of thiazole rings is 1. The van der Waals surface area contributed by atoms with Crippen molar-refractivity contribution in [2.75, 3.05) is 5.32 Å². The van der Waals surface area contributed by atoms with E-state index in [0.717, 1.165) is 11.0 Å². The number of aliphatic imine (C=N–C) groups is 1. The second-order valence-electron chi connectivity index (χ2n) is 6.07. The third kappa shape index (κ3) is 4.72. The van der Waals surface area contributed by atoms with Crippen LogP contribution in [0.5, 0.6) is 0 Å². The Morgan fingerprint density at radius 3 is 2.90 bits per heavy atom. The number of carboxylic acids is 1. The average Bonchev–Trinajstić information content (AvgIpc) is 3.39. The standard InChI is InChI=1S/C18H14N6O4S2/c25-13(5-6-14(26)27)22-17-19-8-9(29-17)7-12-15(28)23-18(30-12)24-16-20-10-3-1-2-4-11(10)21-16/h1-4,7-8H,5-6H2,(H,26,27)(H,19,22,25)(H2,20,21,23,24,28)/b12-7-. The summed E-state index contributed by atoms with van der Waals surface area (Å²) in [5.41, 5.74) is 1.63. The number of nitrogens with zero attached hydrogens (tertiary/aromatic N) is 3. The molecule has 30 heavy (non-hydrogen) atoms. The van der Waals surface area contributed by atoms with Gasteiger partial charge in [0.05, 0.1) is 27.2 Å². The van der Waals surface area contributed by atoms with Gasteiger partial charge in [0.25, 0.3) is 5.91 Å². The largest absolute Gasteiger partial charge is 0.481 e. The summed E-state index contributed by atoms with van der Waals surface area (Å²) in [7, 11) is 0. The van der Waals surface area contributed by atoms with Crippen LogP contribution >= 0.6 is 23.1 Å². The van der Waals surface area contributed by atoms with Gasteiger partial charge >= 0.3 is 5.97 Å². The van der Waals surface area contributed by atoms with Gasteiger partial charge < -0.3 is 20.7 Å². The molecule has 1 fully saturated rings. The zero-order valence-electron chi connectivity index (χ0n) is 15.2. The fraction of sp³-hybridized carbons (Fsp3) is 0.111. The molecule has 2 amide bonds. The number of thioether (sulfide) groups is 1. The van der Waals surface area contributed by atoms with E-state index in [1.807, 2.05) is 24.3 Å². The van der Waals surface area contributed by atoms with Crippen molar-refractivity contribution < 1.29 is 19.5 Å². The van der Waals surface area contributed by atoms with Crippen molar-refractivity contribution in [3.05, 3.63) is 40.2 Å². The maximum Gasteiger partial charge on any atom is 0.303 e. The molecular formula is C18H14N6O4S2. The van der Waals surface area contributed by atoms with E-state index in [-0.39, 0.29) is 18.7 Å². The molecule has 1 aromatic carbocycles. The number of nitrogens with one attached hydrogen (secondary N) is 3. The number of H-pyrrole nitrogens is 1. The van der Waals surface area contributed by atoms with E-state index >= 15 is 0 Å². The molecule has 0 spiro atoms. The fourth-order valence-electron chi connectivity index (χ4n) is 2.51. The number of carbonyl (C=O) groups is 3. The molecule has 1 aliphatic heterocycles. The highest BCUT2D eigenvalue weighted by atomic mass is 32.2. The van der Waals surface area contributed by atoms with Gasteiger partial charge in [0.2, 0.25) is 11.9 Å². The monoisotopic (exact) mass is 442 g/mol. The Hall–Kier alpha value is -3.51. The first-order chi connectivity index (χ1) is 14.5. The van der Waals surface area contributed by atoms with Gasteiger partial charge in [-0.15, -0.1) is 0 Å². The number of fused-ring (bicyclic) bond motifs is 1. The molecule has 0 saturated carbocycles. The van der Waals surface area contributed by atoms with E-state index in [1.165, 1.54) is 29.3 Å². The number of aromatic amines is 1. The Morgan fingerprint density at radius 1 is 1.27 bits per heavy atom. The summed E-state index contributed by atoms with van der Waals surface area (Å²) in [5.74, 6) is -1.38. The normalized spacial score (nSPS) is 16.3. The highest BCUT2D eigenvalue weighted by molar-refractivity contribution is 8.18. The number of amidine groups is 1. The number of rotatable bonds is 6. The minimum Gasteiger partial charge on any atom is -0.481 e. The summed E-state index contributed by atoms with van der Waals surface area (Å²) in [6.45, 7) is 0. The summed E-state index contributed by atoms with van der Waals surface area (Å²) in [4.78, 5) is 51.4. The molecular weight excluding hydrogens is 428 g/mol. The molecule has 0 radical (unpaired) electrons. The number of benzene rings is 1. The number of carboxylic acid groups (broad SMARTS) is 1. The third-order valence-electron chi connectivity index (χ3n) is 3.84. The van der Waals surface area contributed by atoms with Gasteiger partial charge in [-0.1, -0.05) is 23.5 Å². The molecule has 4 N–H and O–H groups in total. The Balaban J connectivity index is 1.43. The van der Waals surface area contributed by atoms with Crippen LogP contribution in [0.3, 0.4) is 0 Å². The Kier molecular flexibility index (Phi) is 5.59. The minimum atomic E-state index is -1.04. The van der Waals surface area contributed by atoms with Crippen molar-refractivity contribution in [3.8, 4) is 0 Å². The van der Waals surface area contributed by atoms with Gasteiger partial charge in [-0.3, -0.25) is 14.4 Å². The first-order valence-electron chi connectivity index (χ1n) is 8.68. The summed E-state index contributed by atoms with van der Waals surface area (Å²) < 4.78 is 0. The van der Waals surface area contributed by atoms with Crippen molar-refractivity contribution in [1.82, 2.24) is 20.3 Å². The Labute approximate surface area is 177 Å². The lowest BCUT2D eigenvalue weighted by atomic mass is 10.3. The molecule has 1 saturated heterocycles. The van der Waals surface area contributed by atoms with Crippen LogP contribution in [0.15, 0.2) is 40.4 Å².